The van der Waals surface area contributed by atoms with Gasteiger partial charge in [0.15, 0.2) is 0 Å². The van der Waals surface area contributed by atoms with Crippen molar-refractivity contribution >= 4 is 10.0 Å². The van der Waals surface area contributed by atoms with Crippen LogP contribution in [0.3, 0.4) is 0 Å². The fourth-order valence-corrected chi connectivity index (χ4v) is 5.01. The van der Waals surface area contributed by atoms with Crippen molar-refractivity contribution in [3.63, 3.8) is 0 Å². The normalized spacial score (nSPS) is 20.9. The zero-order valence-corrected chi connectivity index (χ0v) is 14.2. The number of hydrogen-bond donors (Lipinski definition) is 1. The van der Waals surface area contributed by atoms with Gasteiger partial charge in [0.2, 0.25) is 10.0 Å². The first-order chi connectivity index (χ1) is 9.87. The van der Waals surface area contributed by atoms with Gasteiger partial charge in [-0.05, 0) is 39.2 Å². The van der Waals surface area contributed by atoms with Gasteiger partial charge in [0.05, 0.1) is 0 Å². The van der Waals surface area contributed by atoms with Crippen LogP contribution in [0.25, 0.3) is 0 Å². The predicted molar refractivity (Wildman–Crippen MR) is 82.7 cm³/mol. The van der Waals surface area contributed by atoms with E-state index in [-0.39, 0.29) is 0 Å². The fourth-order valence-electron chi connectivity index (χ4n) is 3.00. The fraction of sp³-hybridized carbons (Fsp3) is 0.733. The summed E-state index contributed by atoms with van der Waals surface area (Å²) in [5.41, 5.74) is 0.771. The van der Waals surface area contributed by atoms with Gasteiger partial charge in [-0.3, -0.25) is 0 Å². The summed E-state index contributed by atoms with van der Waals surface area (Å²) in [7, 11) is -3.47. The van der Waals surface area contributed by atoms with E-state index in [1.54, 1.807) is 11.2 Å². The van der Waals surface area contributed by atoms with E-state index in [0.717, 1.165) is 24.9 Å². The molecule has 2 heterocycles. The van der Waals surface area contributed by atoms with Crippen molar-refractivity contribution in [2.75, 3.05) is 19.6 Å². The maximum absolute atomic E-state index is 13.0. The SMILES string of the molecule is CCNCc1c(C)oc(C)c1S(=O)(=O)N1CCCC(C)C1. The molecule has 0 spiro atoms. The van der Waals surface area contributed by atoms with Crippen LogP contribution in [0.2, 0.25) is 0 Å². The van der Waals surface area contributed by atoms with E-state index in [9.17, 15) is 8.42 Å². The molecule has 0 saturated carbocycles. The molecule has 0 radical (unpaired) electrons. The summed E-state index contributed by atoms with van der Waals surface area (Å²) in [6.07, 6.45) is 2.03. The van der Waals surface area contributed by atoms with Gasteiger partial charge >= 0.3 is 0 Å². The van der Waals surface area contributed by atoms with E-state index in [4.69, 9.17) is 4.42 Å². The summed E-state index contributed by atoms with van der Waals surface area (Å²) in [5, 5.41) is 3.20. The molecule has 0 aliphatic carbocycles. The van der Waals surface area contributed by atoms with E-state index < -0.39 is 10.0 Å². The van der Waals surface area contributed by atoms with Crippen LogP contribution in [0.4, 0.5) is 0 Å². The molecule has 1 aromatic rings. The average Bonchev–Trinajstić information content (AvgIpc) is 2.71. The molecule has 5 nitrogen and oxygen atoms in total. The number of rotatable bonds is 5. The van der Waals surface area contributed by atoms with Crippen LogP contribution in [0, 0.1) is 19.8 Å². The largest absolute Gasteiger partial charge is 0.465 e. The summed E-state index contributed by atoms with van der Waals surface area (Å²) in [4.78, 5) is 0.370. The third-order valence-electron chi connectivity index (χ3n) is 4.09. The third-order valence-corrected chi connectivity index (χ3v) is 6.16. The molecular weight excluding hydrogens is 288 g/mol. The smallest absolute Gasteiger partial charge is 0.246 e. The Bertz CT molecular complexity index is 592. The lowest BCUT2D eigenvalue weighted by molar-refractivity contribution is 0.280. The lowest BCUT2D eigenvalue weighted by atomic mass is 10.0. The zero-order valence-electron chi connectivity index (χ0n) is 13.4. The second kappa shape index (κ2) is 6.50. The van der Waals surface area contributed by atoms with Crippen molar-refractivity contribution in [1.29, 1.82) is 0 Å². The Morgan fingerprint density at radius 1 is 1.33 bits per heavy atom. The Morgan fingerprint density at radius 2 is 2.05 bits per heavy atom. The van der Waals surface area contributed by atoms with Gasteiger partial charge in [0, 0.05) is 25.2 Å². The number of sulfonamides is 1. The molecule has 1 fully saturated rings. The van der Waals surface area contributed by atoms with Crippen LogP contribution < -0.4 is 5.32 Å². The predicted octanol–water partition coefficient (Wildman–Crippen LogP) is 2.43. The minimum absolute atomic E-state index is 0.370. The van der Waals surface area contributed by atoms with Crippen LogP contribution in [0.15, 0.2) is 9.31 Å². The molecule has 6 heteroatoms. The molecule has 21 heavy (non-hydrogen) atoms. The Morgan fingerprint density at radius 3 is 2.67 bits per heavy atom. The van der Waals surface area contributed by atoms with Crippen LogP contribution in [-0.4, -0.2) is 32.4 Å². The first kappa shape index (κ1) is 16.5. The Labute approximate surface area is 127 Å². The summed E-state index contributed by atoms with van der Waals surface area (Å²) >= 11 is 0. The highest BCUT2D eigenvalue weighted by Crippen LogP contribution is 2.31. The molecule has 120 valence electrons. The molecule has 1 N–H and O–H groups in total. The highest BCUT2D eigenvalue weighted by Gasteiger charge is 2.34. The Kier molecular flexibility index (Phi) is 5.11. The molecule has 1 atom stereocenters. The molecule has 0 bridgehead atoms. The summed E-state index contributed by atoms with van der Waals surface area (Å²) < 4.78 is 33.2. The first-order valence-electron chi connectivity index (χ1n) is 7.67. The zero-order chi connectivity index (χ0) is 15.6. The van der Waals surface area contributed by atoms with Gasteiger partial charge in [-0.25, -0.2) is 8.42 Å². The Hall–Kier alpha value is -0.850. The van der Waals surface area contributed by atoms with Gasteiger partial charge in [0.25, 0.3) is 0 Å². The van der Waals surface area contributed by atoms with Crippen molar-refractivity contribution in [3.05, 3.63) is 17.1 Å². The molecule has 1 aliphatic heterocycles. The van der Waals surface area contributed by atoms with Crippen molar-refractivity contribution in [2.24, 2.45) is 5.92 Å². The second-order valence-electron chi connectivity index (χ2n) is 5.91. The van der Waals surface area contributed by atoms with Gasteiger partial charge < -0.3 is 9.73 Å². The van der Waals surface area contributed by atoms with Gasteiger partial charge in [-0.1, -0.05) is 13.8 Å². The number of piperidine rings is 1. The van der Waals surface area contributed by atoms with E-state index in [1.165, 1.54) is 0 Å². The third kappa shape index (κ3) is 3.33. The summed E-state index contributed by atoms with van der Waals surface area (Å²) in [6.45, 7) is 10.2. The van der Waals surface area contributed by atoms with Gasteiger partial charge in [0.1, 0.15) is 16.4 Å². The quantitative estimate of drug-likeness (QED) is 0.906. The second-order valence-corrected chi connectivity index (χ2v) is 7.79. The first-order valence-corrected chi connectivity index (χ1v) is 9.11. The molecule has 1 aliphatic rings. The molecule has 0 aromatic carbocycles. The molecule has 1 unspecified atom stereocenters. The maximum atomic E-state index is 13.0. The lowest BCUT2D eigenvalue weighted by Crippen LogP contribution is -2.39. The number of nitrogens with one attached hydrogen (secondary N) is 1. The average molecular weight is 314 g/mol. The van der Waals surface area contributed by atoms with Crippen molar-refractivity contribution in [2.45, 2.75) is 52.0 Å². The van der Waals surface area contributed by atoms with Crippen molar-refractivity contribution < 1.29 is 12.8 Å². The molecule has 2 rings (SSSR count). The van der Waals surface area contributed by atoms with Crippen LogP contribution in [-0.2, 0) is 16.6 Å². The lowest BCUT2D eigenvalue weighted by Gasteiger charge is -2.30. The molecule has 1 saturated heterocycles. The van der Waals surface area contributed by atoms with Crippen LogP contribution in [0.5, 0.6) is 0 Å². The molecule has 1 aromatic heterocycles. The van der Waals surface area contributed by atoms with Crippen LogP contribution >= 0.6 is 0 Å². The number of nitrogens with zero attached hydrogens (tertiary/aromatic N) is 1. The van der Waals surface area contributed by atoms with E-state index >= 15 is 0 Å². The molecular formula is C15H26N2O3S. The van der Waals surface area contributed by atoms with Crippen LogP contribution in [0.1, 0.15) is 43.8 Å². The van der Waals surface area contributed by atoms with E-state index in [2.05, 4.69) is 12.2 Å². The summed E-state index contributed by atoms with van der Waals surface area (Å²) in [6, 6.07) is 0. The minimum Gasteiger partial charge on any atom is -0.465 e. The van der Waals surface area contributed by atoms with Gasteiger partial charge in [-0.15, -0.1) is 0 Å². The van der Waals surface area contributed by atoms with E-state index in [0.29, 0.717) is 42.0 Å². The maximum Gasteiger partial charge on any atom is 0.246 e. The van der Waals surface area contributed by atoms with Crippen molar-refractivity contribution in [1.82, 2.24) is 9.62 Å². The van der Waals surface area contributed by atoms with Crippen molar-refractivity contribution in [3.8, 4) is 0 Å². The number of furan rings is 1. The highest BCUT2D eigenvalue weighted by atomic mass is 32.2. The molecule has 0 amide bonds. The highest BCUT2D eigenvalue weighted by molar-refractivity contribution is 7.89. The number of hydrogen-bond acceptors (Lipinski definition) is 4. The summed E-state index contributed by atoms with van der Waals surface area (Å²) in [5.74, 6) is 1.61. The standard InChI is InChI=1S/C15H26N2O3S/c1-5-16-9-14-12(3)20-13(4)15(14)21(18,19)17-8-6-7-11(2)10-17/h11,16H,5-10H2,1-4H3. The monoisotopic (exact) mass is 314 g/mol. The minimum atomic E-state index is -3.47. The number of aryl methyl sites for hydroxylation is 2. The Balaban J connectivity index is 2.39. The van der Waals surface area contributed by atoms with E-state index in [1.807, 2.05) is 13.8 Å². The van der Waals surface area contributed by atoms with Gasteiger partial charge in [-0.2, -0.15) is 4.31 Å². The topological polar surface area (TPSA) is 62.6 Å².